The predicted octanol–water partition coefficient (Wildman–Crippen LogP) is 2.29. The minimum atomic E-state index is -5.95. The van der Waals surface area contributed by atoms with Crippen LogP contribution in [-0.4, -0.2) is 47.1 Å². The van der Waals surface area contributed by atoms with E-state index in [1.165, 1.54) is 0 Å². The zero-order chi connectivity index (χ0) is 15.8. The second-order valence-electron chi connectivity index (χ2n) is 4.80. The number of carbonyl (C=O) groups is 2. The van der Waals surface area contributed by atoms with E-state index < -0.39 is 42.5 Å². The quantitative estimate of drug-likeness (QED) is 0.814. The van der Waals surface area contributed by atoms with E-state index in [9.17, 15) is 31.5 Å². The van der Waals surface area contributed by atoms with Crippen molar-refractivity contribution in [3.63, 3.8) is 0 Å². The molecule has 1 heterocycles. The third-order valence-corrected chi connectivity index (χ3v) is 3.76. The zero-order valence-corrected chi connectivity index (χ0v) is 10.6. The second-order valence-corrected chi connectivity index (χ2v) is 4.80. The molecule has 0 atom stereocenters. The number of halogens is 5. The molecule has 0 aromatic rings. The molecule has 1 N–H and O–H groups in total. The molecule has 0 saturated carbocycles. The van der Waals surface area contributed by atoms with Gasteiger partial charge in [0.2, 0.25) is 0 Å². The fourth-order valence-electron chi connectivity index (χ4n) is 2.18. The van der Waals surface area contributed by atoms with Crippen LogP contribution in [0.5, 0.6) is 0 Å². The highest BCUT2D eigenvalue weighted by Crippen LogP contribution is 2.40. The Hall–Kier alpha value is -1.41. The SMILES string of the molecule is CCC1(C(=O)O)CCN(C(=O)C(F)(F)C(F)(F)F)CC1. The summed E-state index contributed by atoms with van der Waals surface area (Å²) in [6, 6.07) is 0. The van der Waals surface area contributed by atoms with E-state index in [1.807, 2.05) is 0 Å². The number of piperidine rings is 1. The number of aliphatic carboxylic acids is 1. The Morgan fingerprint density at radius 3 is 1.90 bits per heavy atom. The third-order valence-electron chi connectivity index (χ3n) is 3.76. The molecule has 0 aromatic carbocycles. The molecule has 1 saturated heterocycles. The van der Waals surface area contributed by atoms with Crippen LogP contribution < -0.4 is 0 Å². The molecule has 9 heteroatoms. The average molecular weight is 303 g/mol. The normalized spacial score (nSPS) is 19.8. The van der Waals surface area contributed by atoms with E-state index in [1.54, 1.807) is 6.92 Å². The maximum Gasteiger partial charge on any atom is 0.463 e. The highest BCUT2D eigenvalue weighted by atomic mass is 19.4. The molecule has 1 amide bonds. The molecule has 1 fully saturated rings. The van der Waals surface area contributed by atoms with Crippen molar-refractivity contribution in [1.29, 1.82) is 0 Å². The van der Waals surface area contributed by atoms with Gasteiger partial charge in [0.25, 0.3) is 0 Å². The fourth-order valence-corrected chi connectivity index (χ4v) is 2.18. The average Bonchev–Trinajstić information content (AvgIpc) is 2.36. The third kappa shape index (κ3) is 2.71. The van der Waals surface area contributed by atoms with Crippen molar-refractivity contribution in [1.82, 2.24) is 4.90 Å². The van der Waals surface area contributed by atoms with E-state index in [2.05, 4.69) is 0 Å². The van der Waals surface area contributed by atoms with Crippen molar-refractivity contribution < 1.29 is 36.6 Å². The maximum atomic E-state index is 12.9. The lowest BCUT2D eigenvalue weighted by atomic mass is 9.76. The van der Waals surface area contributed by atoms with Gasteiger partial charge in [-0.1, -0.05) is 6.92 Å². The number of carbonyl (C=O) groups excluding carboxylic acids is 1. The van der Waals surface area contributed by atoms with Crippen LogP contribution in [0.2, 0.25) is 0 Å². The summed E-state index contributed by atoms with van der Waals surface area (Å²) < 4.78 is 62.1. The van der Waals surface area contributed by atoms with Gasteiger partial charge in [0.05, 0.1) is 5.41 Å². The predicted molar refractivity (Wildman–Crippen MR) is 57.2 cm³/mol. The number of carboxylic acids is 1. The van der Waals surface area contributed by atoms with Crippen molar-refractivity contribution >= 4 is 11.9 Å². The molecular formula is C11H14F5NO3. The first-order valence-corrected chi connectivity index (χ1v) is 5.95. The summed E-state index contributed by atoms with van der Waals surface area (Å²) in [5, 5.41) is 9.07. The maximum absolute atomic E-state index is 12.9. The van der Waals surface area contributed by atoms with Gasteiger partial charge in [-0.3, -0.25) is 9.59 Å². The van der Waals surface area contributed by atoms with Crippen LogP contribution in [0.1, 0.15) is 26.2 Å². The fraction of sp³-hybridized carbons (Fsp3) is 0.818. The van der Waals surface area contributed by atoms with E-state index in [-0.39, 0.29) is 19.3 Å². The number of hydrogen-bond donors (Lipinski definition) is 1. The number of rotatable bonds is 3. The molecular weight excluding hydrogens is 289 g/mol. The first-order valence-electron chi connectivity index (χ1n) is 5.95. The summed E-state index contributed by atoms with van der Waals surface area (Å²) in [4.78, 5) is 22.7. The molecule has 20 heavy (non-hydrogen) atoms. The van der Waals surface area contributed by atoms with Crippen LogP contribution in [0.15, 0.2) is 0 Å². The Bertz CT molecular complexity index is 399. The van der Waals surface area contributed by atoms with Crippen LogP contribution >= 0.6 is 0 Å². The molecule has 1 aliphatic rings. The van der Waals surface area contributed by atoms with Crippen LogP contribution in [0.3, 0.4) is 0 Å². The molecule has 1 rings (SSSR count). The van der Waals surface area contributed by atoms with E-state index in [0.29, 0.717) is 4.90 Å². The molecule has 0 bridgehead atoms. The van der Waals surface area contributed by atoms with Gasteiger partial charge in [-0.25, -0.2) is 0 Å². The minimum absolute atomic E-state index is 0.140. The zero-order valence-electron chi connectivity index (χ0n) is 10.6. The van der Waals surface area contributed by atoms with Gasteiger partial charge in [-0.2, -0.15) is 22.0 Å². The lowest BCUT2D eigenvalue weighted by Crippen LogP contribution is -2.55. The molecule has 1 aliphatic heterocycles. The Kier molecular flexibility index (Phi) is 4.31. The molecule has 0 radical (unpaired) electrons. The Balaban J connectivity index is 2.80. The minimum Gasteiger partial charge on any atom is -0.481 e. The van der Waals surface area contributed by atoms with Gasteiger partial charge < -0.3 is 10.0 Å². The van der Waals surface area contributed by atoms with Gasteiger partial charge >= 0.3 is 24.0 Å². The summed E-state index contributed by atoms with van der Waals surface area (Å²) >= 11 is 0. The summed E-state index contributed by atoms with van der Waals surface area (Å²) in [5.74, 6) is -8.89. The molecule has 4 nitrogen and oxygen atoms in total. The largest absolute Gasteiger partial charge is 0.481 e. The summed E-state index contributed by atoms with van der Waals surface area (Å²) in [6.45, 7) is 0.741. The van der Waals surface area contributed by atoms with Gasteiger partial charge in [-0.15, -0.1) is 0 Å². The van der Waals surface area contributed by atoms with E-state index >= 15 is 0 Å². The first kappa shape index (κ1) is 16.6. The standard InChI is InChI=1S/C11H14F5NO3/c1-2-9(8(19)20)3-5-17(6-4-9)7(18)10(12,13)11(14,15)16/h2-6H2,1H3,(H,19,20). The van der Waals surface area contributed by atoms with E-state index in [4.69, 9.17) is 5.11 Å². The van der Waals surface area contributed by atoms with Crippen LogP contribution in [0.25, 0.3) is 0 Å². The first-order chi connectivity index (χ1) is 8.98. The van der Waals surface area contributed by atoms with Gasteiger partial charge in [-0.05, 0) is 19.3 Å². The second kappa shape index (κ2) is 5.17. The number of hydrogen-bond acceptors (Lipinski definition) is 2. The van der Waals surface area contributed by atoms with Crippen molar-refractivity contribution in [3.05, 3.63) is 0 Å². The summed E-state index contributed by atoms with van der Waals surface area (Å²) in [5.41, 5.74) is -1.16. The number of nitrogens with zero attached hydrogens (tertiary/aromatic N) is 1. The number of alkyl halides is 5. The highest BCUT2D eigenvalue weighted by molar-refractivity contribution is 5.85. The monoisotopic (exact) mass is 303 g/mol. The molecule has 0 aliphatic carbocycles. The Labute approximate surface area is 111 Å². The van der Waals surface area contributed by atoms with Crippen molar-refractivity contribution in [2.24, 2.45) is 5.41 Å². The van der Waals surface area contributed by atoms with Gasteiger partial charge in [0, 0.05) is 13.1 Å². The lowest BCUT2D eigenvalue weighted by molar-refractivity contribution is -0.275. The number of amides is 1. The van der Waals surface area contributed by atoms with Crippen LogP contribution in [0, 0.1) is 5.41 Å². The van der Waals surface area contributed by atoms with Gasteiger partial charge in [0.15, 0.2) is 0 Å². The molecule has 0 unspecified atom stereocenters. The van der Waals surface area contributed by atoms with Crippen molar-refractivity contribution in [2.45, 2.75) is 38.3 Å². The van der Waals surface area contributed by atoms with E-state index in [0.717, 1.165) is 0 Å². The Morgan fingerprint density at radius 1 is 1.15 bits per heavy atom. The lowest BCUT2D eigenvalue weighted by Gasteiger charge is -2.39. The summed E-state index contributed by atoms with van der Waals surface area (Å²) in [7, 11) is 0. The van der Waals surface area contributed by atoms with Crippen molar-refractivity contribution in [3.8, 4) is 0 Å². The van der Waals surface area contributed by atoms with Crippen LogP contribution in [0.4, 0.5) is 22.0 Å². The molecule has 0 aromatic heterocycles. The number of likely N-dealkylation sites (tertiary alicyclic amines) is 1. The highest BCUT2D eigenvalue weighted by Gasteiger charge is 2.65. The Morgan fingerprint density at radius 2 is 1.60 bits per heavy atom. The number of carboxylic acid groups (broad SMARTS) is 1. The smallest absolute Gasteiger partial charge is 0.463 e. The summed E-state index contributed by atoms with van der Waals surface area (Å²) in [6.07, 6.45) is -6.01. The van der Waals surface area contributed by atoms with Crippen LogP contribution in [-0.2, 0) is 9.59 Å². The molecule has 0 spiro atoms. The molecule has 116 valence electrons. The van der Waals surface area contributed by atoms with Gasteiger partial charge in [0.1, 0.15) is 0 Å². The van der Waals surface area contributed by atoms with Crippen molar-refractivity contribution in [2.75, 3.05) is 13.1 Å². The topological polar surface area (TPSA) is 57.6 Å².